The van der Waals surface area contributed by atoms with Gasteiger partial charge in [0.15, 0.2) is 0 Å². The maximum absolute atomic E-state index is 12.5. The summed E-state index contributed by atoms with van der Waals surface area (Å²) in [4.78, 5) is 25.4. The molecule has 1 aromatic heterocycles. The van der Waals surface area contributed by atoms with E-state index in [1.165, 1.54) is 11.9 Å². The summed E-state index contributed by atoms with van der Waals surface area (Å²) >= 11 is 0. The molecule has 1 aliphatic rings. The third-order valence-electron chi connectivity index (χ3n) is 4.55. The summed E-state index contributed by atoms with van der Waals surface area (Å²) in [7, 11) is 2.11. The van der Waals surface area contributed by atoms with Gasteiger partial charge < -0.3 is 15.1 Å². The van der Waals surface area contributed by atoms with E-state index in [0.717, 1.165) is 37.7 Å². The normalized spacial score (nSPS) is 15.4. The highest BCUT2D eigenvalue weighted by Crippen LogP contribution is 2.18. The Labute approximate surface area is 148 Å². The van der Waals surface area contributed by atoms with Crippen molar-refractivity contribution in [3.8, 4) is 0 Å². The standard InChI is InChI=1S/C19H25N5O/c1-14(2)15-4-6-16(7-5-15)22-19(25)17-12-18(21-13-20-17)24-10-8-23(3)9-11-24/h4-7,12-14H,8-11H2,1-3H3,(H,22,25). The maximum atomic E-state index is 12.5. The lowest BCUT2D eigenvalue weighted by molar-refractivity contribution is 0.102. The lowest BCUT2D eigenvalue weighted by Crippen LogP contribution is -2.44. The second-order valence-electron chi connectivity index (χ2n) is 6.78. The van der Waals surface area contributed by atoms with E-state index in [1.807, 2.05) is 24.3 Å². The van der Waals surface area contributed by atoms with Crippen LogP contribution in [0.3, 0.4) is 0 Å². The molecule has 132 valence electrons. The molecule has 2 heterocycles. The Kier molecular flexibility index (Phi) is 5.28. The molecule has 0 unspecified atom stereocenters. The number of benzene rings is 1. The van der Waals surface area contributed by atoms with Crippen LogP contribution >= 0.6 is 0 Å². The fraction of sp³-hybridized carbons (Fsp3) is 0.421. The lowest BCUT2D eigenvalue weighted by Gasteiger charge is -2.33. The summed E-state index contributed by atoms with van der Waals surface area (Å²) < 4.78 is 0. The van der Waals surface area contributed by atoms with Gasteiger partial charge >= 0.3 is 0 Å². The Morgan fingerprint density at radius 2 is 1.76 bits per heavy atom. The number of hydrogen-bond acceptors (Lipinski definition) is 5. The van der Waals surface area contributed by atoms with Crippen molar-refractivity contribution in [2.75, 3.05) is 43.4 Å². The van der Waals surface area contributed by atoms with Gasteiger partial charge in [-0.15, -0.1) is 0 Å². The first-order valence-electron chi connectivity index (χ1n) is 8.70. The number of nitrogens with zero attached hydrogens (tertiary/aromatic N) is 4. The van der Waals surface area contributed by atoms with Gasteiger partial charge in [-0.2, -0.15) is 0 Å². The minimum absolute atomic E-state index is 0.213. The first-order valence-corrected chi connectivity index (χ1v) is 8.70. The van der Waals surface area contributed by atoms with Gasteiger partial charge in [0.25, 0.3) is 5.91 Å². The second kappa shape index (κ2) is 7.61. The van der Waals surface area contributed by atoms with E-state index in [4.69, 9.17) is 0 Å². The zero-order chi connectivity index (χ0) is 17.8. The number of piperazine rings is 1. The lowest BCUT2D eigenvalue weighted by atomic mass is 10.0. The van der Waals surface area contributed by atoms with Crippen LogP contribution in [0.4, 0.5) is 11.5 Å². The quantitative estimate of drug-likeness (QED) is 0.928. The summed E-state index contributed by atoms with van der Waals surface area (Å²) in [5, 5.41) is 2.91. The SMILES string of the molecule is CC(C)c1ccc(NC(=O)c2cc(N3CCN(C)CC3)ncn2)cc1. The molecule has 6 heteroatoms. The van der Waals surface area contributed by atoms with E-state index in [0.29, 0.717) is 11.6 Å². The topological polar surface area (TPSA) is 61.4 Å². The van der Waals surface area contributed by atoms with Gasteiger partial charge in [-0.1, -0.05) is 26.0 Å². The molecule has 1 saturated heterocycles. The third-order valence-corrected chi connectivity index (χ3v) is 4.55. The molecule has 1 N–H and O–H groups in total. The molecule has 0 spiro atoms. The van der Waals surface area contributed by atoms with Crippen LogP contribution < -0.4 is 10.2 Å². The highest BCUT2D eigenvalue weighted by atomic mass is 16.1. The van der Waals surface area contributed by atoms with E-state index in [1.54, 1.807) is 6.07 Å². The number of carbonyl (C=O) groups is 1. The molecule has 0 aliphatic carbocycles. The van der Waals surface area contributed by atoms with Gasteiger partial charge in [0, 0.05) is 37.9 Å². The number of anilines is 2. The molecule has 0 saturated carbocycles. The summed E-state index contributed by atoms with van der Waals surface area (Å²) in [5.41, 5.74) is 2.41. The summed E-state index contributed by atoms with van der Waals surface area (Å²) in [5.74, 6) is 1.07. The van der Waals surface area contributed by atoms with E-state index in [9.17, 15) is 4.79 Å². The number of amides is 1. The van der Waals surface area contributed by atoms with Crippen molar-refractivity contribution in [3.63, 3.8) is 0 Å². The molecule has 0 bridgehead atoms. The van der Waals surface area contributed by atoms with Crippen LogP contribution in [0.15, 0.2) is 36.7 Å². The monoisotopic (exact) mass is 339 g/mol. The Hall–Kier alpha value is -2.47. The van der Waals surface area contributed by atoms with E-state index in [-0.39, 0.29) is 5.91 Å². The Morgan fingerprint density at radius 1 is 1.08 bits per heavy atom. The number of aromatic nitrogens is 2. The van der Waals surface area contributed by atoms with Crippen molar-refractivity contribution < 1.29 is 4.79 Å². The number of hydrogen-bond donors (Lipinski definition) is 1. The van der Waals surface area contributed by atoms with Gasteiger partial charge in [-0.3, -0.25) is 4.79 Å². The van der Waals surface area contributed by atoms with Crippen LogP contribution in [-0.2, 0) is 0 Å². The van der Waals surface area contributed by atoms with Crippen molar-refractivity contribution in [3.05, 3.63) is 47.9 Å². The maximum Gasteiger partial charge on any atom is 0.274 e. The van der Waals surface area contributed by atoms with Gasteiger partial charge in [0.05, 0.1) is 0 Å². The van der Waals surface area contributed by atoms with Crippen molar-refractivity contribution in [2.24, 2.45) is 0 Å². The van der Waals surface area contributed by atoms with Crippen LogP contribution in [0.25, 0.3) is 0 Å². The molecule has 0 atom stereocenters. The summed E-state index contributed by atoms with van der Waals surface area (Å²) in [6.07, 6.45) is 1.46. The van der Waals surface area contributed by atoms with E-state index in [2.05, 4.69) is 46.0 Å². The third kappa shape index (κ3) is 4.33. The largest absolute Gasteiger partial charge is 0.354 e. The molecule has 3 rings (SSSR count). The number of nitrogens with one attached hydrogen (secondary N) is 1. The van der Waals surface area contributed by atoms with Crippen molar-refractivity contribution in [2.45, 2.75) is 19.8 Å². The van der Waals surface area contributed by atoms with Crippen LogP contribution in [-0.4, -0.2) is 54.0 Å². The zero-order valence-corrected chi connectivity index (χ0v) is 15.1. The molecular weight excluding hydrogens is 314 g/mol. The second-order valence-corrected chi connectivity index (χ2v) is 6.78. The van der Waals surface area contributed by atoms with E-state index < -0.39 is 0 Å². The predicted molar refractivity (Wildman–Crippen MR) is 100 cm³/mol. The van der Waals surface area contributed by atoms with Crippen LogP contribution in [0, 0.1) is 0 Å². The van der Waals surface area contributed by atoms with Gasteiger partial charge in [0.2, 0.25) is 0 Å². The molecule has 1 aromatic carbocycles. The van der Waals surface area contributed by atoms with Gasteiger partial charge in [-0.05, 0) is 30.7 Å². The fourth-order valence-electron chi connectivity index (χ4n) is 2.83. The molecule has 6 nitrogen and oxygen atoms in total. The van der Waals surface area contributed by atoms with Gasteiger partial charge in [-0.25, -0.2) is 9.97 Å². The Morgan fingerprint density at radius 3 is 2.40 bits per heavy atom. The summed E-state index contributed by atoms with van der Waals surface area (Å²) in [6.45, 7) is 8.10. The van der Waals surface area contributed by atoms with Crippen LogP contribution in [0.1, 0.15) is 35.8 Å². The van der Waals surface area contributed by atoms with Gasteiger partial charge in [0.1, 0.15) is 17.8 Å². The number of carbonyl (C=O) groups excluding carboxylic acids is 1. The molecule has 1 aliphatic heterocycles. The molecule has 2 aromatic rings. The molecule has 0 radical (unpaired) electrons. The first-order chi connectivity index (χ1) is 12.0. The van der Waals surface area contributed by atoms with Crippen molar-refractivity contribution in [1.82, 2.24) is 14.9 Å². The number of likely N-dealkylation sites (N-methyl/N-ethyl adjacent to an activating group) is 1. The van der Waals surface area contributed by atoms with Crippen molar-refractivity contribution in [1.29, 1.82) is 0 Å². The highest BCUT2D eigenvalue weighted by molar-refractivity contribution is 6.03. The first kappa shape index (κ1) is 17.4. The zero-order valence-electron chi connectivity index (χ0n) is 15.1. The molecular formula is C19H25N5O. The fourth-order valence-corrected chi connectivity index (χ4v) is 2.83. The number of rotatable bonds is 4. The molecule has 1 fully saturated rings. The average molecular weight is 339 g/mol. The summed E-state index contributed by atoms with van der Waals surface area (Å²) in [6, 6.07) is 9.70. The Bertz CT molecular complexity index is 721. The average Bonchev–Trinajstić information content (AvgIpc) is 2.63. The Balaban J connectivity index is 1.68. The minimum Gasteiger partial charge on any atom is -0.354 e. The van der Waals surface area contributed by atoms with Crippen molar-refractivity contribution >= 4 is 17.4 Å². The van der Waals surface area contributed by atoms with E-state index >= 15 is 0 Å². The molecule has 1 amide bonds. The highest BCUT2D eigenvalue weighted by Gasteiger charge is 2.17. The minimum atomic E-state index is -0.213. The molecule has 25 heavy (non-hydrogen) atoms. The smallest absolute Gasteiger partial charge is 0.274 e. The predicted octanol–water partition coefficient (Wildman–Crippen LogP) is 2.60. The van der Waals surface area contributed by atoms with Crippen LogP contribution in [0.5, 0.6) is 0 Å². The van der Waals surface area contributed by atoms with Crippen LogP contribution in [0.2, 0.25) is 0 Å².